The van der Waals surface area contributed by atoms with Crippen molar-refractivity contribution in [3.05, 3.63) is 10.4 Å². The topological polar surface area (TPSA) is 68.0 Å². The van der Waals surface area contributed by atoms with Crippen LogP contribution in [0.25, 0.3) is 11.2 Å². The van der Waals surface area contributed by atoms with Crippen LogP contribution in [0.4, 0.5) is 5.95 Å². The molecule has 1 N–H and O–H groups in total. The number of fused-ring (bicyclic) bond motifs is 1. The Labute approximate surface area is 151 Å². The molecule has 3 rings (SSSR count). The Hall–Kier alpha value is -1.98. The Morgan fingerprint density at radius 3 is 2.72 bits per heavy atom. The number of nitrogens with zero attached hydrogens (tertiary/aromatic N) is 5. The molecule has 0 radical (unpaired) electrons. The third-order valence-corrected chi connectivity index (χ3v) is 5.41. The largest absolute Gasteiger partial charge is 0.340 e. The van der Waals surface area contributed by atoms with Crippen LogP contribution in [0.15, 0.2) is 9.95 Å². The Morgan fingerprint density at radius 2 is 2.04 bits per heavy atom. The second kappa shape index (κ2) is 7.93. The quantitative estimate of drug-likeness (QED) is 0.489. The van der Waals surface area contributed by atoms with Gasteiger partial charge in [0.05, 0.1) is 6.54 Å². The summed E-state index contributed by atoms with van der Waals surface area (Å²) in [6.45, 7) is 7.91. The van der Waals surface area contributed by atoms with Crippen LogP contribution in [0.2, 0.25) is 0 Å². The molecule has 1 aliphatic rings. The molecular weight excluding hydrogens is 336 g/mol. The molecule has 8 heteroatoms. The zero-order valence-electron chi connectivity index (χ0n) is 15.0. The average Bonchev–Trinajstić information content (AvgIpc) is 3.01. The fourth-order valence-electron chi connectivity index (χ4n) is 2.87. The van der Waals surface area contributed by atoms with Crippen LogP contribution >= 0.6 is 11.8 Å². The van der Waals surface area contributed by atoms with Gasteiger partial charge in [-0.2, -0.15) is 4.98 Å². The lowest BCUT2D eigenvalue weighted by Crippen LogP contribution is -2.44. The molecule has 3 heterocycles. The molecule has 134 valence electrons. The van der Waals surface area contributed by atoms with Crippen molar-refractivity contribution in [2.24, 2.45) is 7.05 Å². The van der Waals surface area contributed by atoms with E-state index >= 15 is 0 Å². The predicted octanol–water partition coefficient (Wildman–Crippen LogP) is 1.06. The molecule has 2 aromatic heterocycles. The van der Waals surface area contributed by atoms with Gasteiger partial charge in [0.15, 0.2) is 16.3 Å². The summed E-state index contributed by atoms with van der Waals surface area (Å²) < 4.78 is 3.54. The summed E-state index contributed by atoms with van der Waals surface area (Å²) in [7, 11) is 1.78. The molecule has 2 aromatic rings. The van der Waals surface area contributed by atoms with Crippen molar-refractivity contribution in [2.45, 2.75) is 32.0 Å². The molecule has 1 aliphatic heterocycles. The minimum Gasteiger partial charge on any atom is -0.340 e. The molecule has 1 saturated heterocycles. The van der Waals surface area contributed by atoms with Crippen LogP contribution in [-0.2, 0) is 13.6 Å². The van der Waals surface area contributed by atoms with Gasteiger partial charge in [-0.05, 0) is 13.3 Å². The van der Waals surface area contributed by atoms with Crippen molar-refractivity contribution in [2.75, 3.05) is 36.8 Å². The van der Waals surface area contributed by atoms with Gasteiger partial charge in [-0.3, -0.25) is 13.9 Å². The van der Waals surface area contributed by atoms with Gasteiger partial charge in [0.25, 0.3) is 5.56 Å². The summed E-state index contributed by atoms with van der Waals surface area (Å²) in [6, 6.07) is 0. The fraction of sp³-hybridized carbons (Fsp3) is 0.588. The molecule has 0 aromatic carbocycles. The third-order valence-electron chi connectivity index (χ3n) is 4.17. The van der Waals surface area contributed by atoms with E-state index in [0.717, 1.165) is 49.5 Å². The van der Waals surface area contributed by atoms with Crippen LogP contribution in [0.1, 0.15) is 20.3 Å². The zero-order chi connectivity index (χ0) is 17.8. The van der Waals surface area contributed by atoms with Crippen LogP contribution in [0.5, 0.6) is 0 Å². The number of hydrogen-bond acceptors (Lipinski definition) is 6. The summed E-state index contributed by atoms with van der Waals surface area (Å²) >= 11 is 1.60. The van der Waals surface area contributed by atoms with Gasteiger partial charge in [0, 0.05) is 39.0 Å². The molecule has 0 spiro atoms. The Bertz CT molecular complexity index is 869. The van der Waals surface area contributed by atoms with Crippen LogP contribution in [-0.4, -0.2) is 51.0 Å². The number of nitrogens with one attached hydrogen (secondary N) is 1. The van der Waals surface area contributed by atoms with Crippen LogP contribution in [0, 0.1) is 11.8 Å². The maximum absolute atomic E-state index is 13.0. The molecule has 25 heavy (non-hydrogen) atoms. The van der Waals surface area contributed by atoms with Gasteiger partial charge in [-0.15, -0.1) is 5.92 Å². The lowest BCUT2D eigenvalue weighted by molar-refractivity contribution is 0.573. The van der Waals surface area contributed by atoms with E-state index < -0.39 is 0 Å². The van der Waals surface area contributed by atoms with Crippen molar-refractivity contribution in [1.29, 1.82) is 0 Å². The molecule has 0 aliphatic carbocycles. The molecule has 0 atom stereocenters. The molecule has 0 amide bonds. The lowest BCUT2D eigenvalue weighted by Gasteiger charge is -2.28. The zero-order valence-corrected chi connectivity index (χ0v) is 15.8. The first-order chi connectivity index (χ1) is 12.2. The minimum absolute atomic E-state index is 0.0598. The summed E-state index contributed by atoms with van der Waals surface area (Å²) in [6.07, 6.45) is 1.03. The van der Waals surface area contributed by atoms with Crippen molar-refractivity contribution in [3.63, 3.8) is 0 Å². The van der Waals surface area contributed by atoms with E-state index in [9.17, 15) is 4.79 Å². The highest BCUT2D eigenvalue weighted by atomic mass is 32.2. The molecule has 0 bridgehead atoms. The average molecular weight is 360 g/mol. The fourth-order valence-corrected chi connectivity index (χ4v) is 3.68. The van der Waals surface area contributed by atoms with E-state index in [-0.39, 0.29) is 5.56 Å². The second-order valence-electron chi connectivity index (χ2n) is 5.94. The summed E-state index contributed by atoms with van der Waals surface area (Å²) in [5.41, 5.74) is 1.00. The predicted molar refractivity (Wildman–Crippen MR) is 102 cm³/mol. The van der Waals surface area contributed by atoms with Crippen molar-refractivity contribution in [3.8, 4) is 11.8 Å². The standard InChI is InChI=1S/C17H24N6OS/c1-4-6-9-23-13-14(19-16(23)22-10-7-18-8-11-22)20-17(25-12-5-2)21(3)15(13)24/h18H,5,7-12H2,1-3H3. The molecular formula is C17H24N6OS. The molecule has 7 nitrogen and oxygen atoms in total. The number of piperazine rings is 1. The normalized spacial score (nSPS) is 14.6. The maximum Gasteiger partial charge on any atom is 0.280 e. The van der Waals surface area contributed by atoms with Crippen LogP contribution < -0.4 is 15.8 Å². The SMILES string of the molecule is CC#CCn1c(N2CCNCC2)nc2nc(SCCC)n(C)c(=O)c21. The van der Waals surface area contributed by atoms with Gasteiger partial charge in [0.2, 0.25) is 5.95 Å². The smallest absolute Gasteiger partial charge is 0.280 e. The van der Waals surface area contributed by atoms with E-state index in [1.807, 2.05) is 4.57 Å². The lowest BCUT2D eigenvalue weighted by atomic mass is 10.4. The van der Waals surface area contributed by atoms with E-state index in [0.29, 0.717) is 17.7 Å². The van der Waals surface area contributed by atoms with E-state index in [4.69, 9.17) is 4.98 Å². The number of thioether (sulfide) groups is 1. The molecule has 0 unspecified atom stereocenters. The highest BCUT2D eigenvalue weighted by Crippen LogP contribution is 2.22. The van der Waals surface area contributed by atoms with Crippen LogP contribution in [0.3, 0.4) is 0 Å². The van der Waals surface area contributed by atoms with Gasteiger partial charge in [-0.25, -0.2) is 4.98 Å². The Morgan fingerprint density at radius 1 is 1.28 bits per heavy atom. The molecule has 1 fully saturated rings. The highest BCUT2D eigenvalue weighted by Gasteiger charge is 2.22. The van der Waals surface area contributed by atoms with Crippen molar-refractivity contribution >= 4 is 28.9 Å². The summed E-state index contributed by atoms with van der Waals surface area (Å²) in [5, 5.41) is 4.06. The molecule has 0 saturated carbocycles. The maximum atomic E-state index is 13.0. The van der Waals surface area contributed by atoms with Crippen molar-refractivity contribution in [1.82, 2.24) is 24.4 Å². The van der Waals surface area contributed by atoms with Gasteiger partial charge >= 0.3 is 0 Å². The third kappa shape index (κ3) is 3.53. The number of anilines is 1. The Balaban J connectivity index is 2.15. The minimum atomic E-state index is -0.0598. The van der Waals surface area contributed by atoms with E-state index in [2.05, 4.69) is 34.0 Å². The summed E-state index contributed by atoms with van der Waals surface area (Å²) in [5.74, 6) is 7.70. The first-order valence-electron chi connectivity index (χ1n) is 8.62. The monoisotopic (exact) mass is 360 g/mol. The van der Waals surface area contributed by atoms with E-state index in [1.165, 1.54) is 0 Å². The van der Waals surface area contributed by atoms with Gasteiger partial charge < -0.3 is 10.2 Å². The Kier molecular flexibility index (Phi) is 5.66. The van der Waals surface area contributed by atoms with Gasteiger partial charge in [-0.1, -0.05) is 24.6 Å². The number of rotatable bonds is 5. The first kappa shape index (κ1) is 17.8. The first-order valence-corrected chi connectivity index (χ1v) is 9.61. The second-order valence-corrected chi connectivity index (χ2v) is 7.00. The summed E-state index contributed by atoms with van der Waals surface area (Å²) in [4.78, 5) is 24.5. The number of imidazole rings is 1. The highest BCUT2D eigenvalue weighted by molar-refractivity contribution is 7.99. The van der Waals surface area contributed by atoms with E-state index in [1.54, 1.807) is 30.3 Å². The van der Waals surface area contributed by atoms with Crippen molar-refractivity contribution < 1.29 is 0 Å². The number of aromatic nitrogens is 4. The van der Waals surface area contributed by atoms with Gasteiger partial charge in [0.1, 0.15) is 0 Å². The number of hydrogen-bond donors (Lipinski definition) is 1.